The first-order valence-corrected chi connectivity index (χ1v) is 8.02. The minimum atomic E-state index is -0.294. The van der Waals surface area contributed by atoms with Crippen LogP contribution in [0.1, 0.15) is 21.7 Å². The molecule has 2 heterocycles. The van der Waals surface area contributed by atoms with Crippen LogP contribution in [0.3, 0.4) is 0 Å². The van der Waals surface area contributed by atoms with Gasteiger partial charge in [0.2, 0.25) is 0 Å². The van der Waals surface area contributed by atoms with Crippen LogP contribution >= 0.6 is 0 Å². The van der Waals surface area contributed by atoms with Crippen molar-refractivity contribution in [1.29, 1.82) is 0 Å². The van der Waals surface area contributed by atoms with Crippen molar-refractivity contribution in [3.8, 4) is 0 Å². The molecule has 0 aliphatic carbocycles. The Morgan fingerprint density at radius 2 is 1.80 bits per heavy atom. The zero-order valence-corrected chi connectivity index (χ0v) is 13.6. The first-order valence-electron chi connectivity index (χ1n) is 8.02. The van der Waals surface area contributed by atoms with Crippen molar-refractivity contribution in [2.24, 2.45) is 0 Å². The Labute approximate surface area is 143 Å². The summed E-state index contributed by atoms with van der Waals surface area (Å²) in [7, 11) is 0. The fourth-order valence-corrected chi connectivity index (χ4v) is 2.88. The summed E-state index contributed by atoms with van der Waals surface area (Å²) >= 11 is 0. The lowest BCUT2D eigenvalue weighted by molar-refractivity contribution is 0.0947. The molecule has 0 aliphatic rings. The summed E-state index contributed by atoms with van der Waals surface area (Å²) in [6, 6.07) is 15.8. The van der Waals surface area contributed by atoms with Crippen LogP contribution in [0, 0.1) is 12.7 Å². The van der Waals surface area contributed by atoms with E-state index in [4.69, 9.17) is 0 Å². The third-order valence-electron chi connectivity index (χ3n) is 4.20. The Morgan fingerprint density at radius 3 is 2.60 bits per heavy atom. The van der Waals surface area contributed by atoms with Gasteiger partial charge >= 0.3 is 0 Å². The van der Waals surface area contributed by atoms with Crippen LogP contribution < -0.4 is 5.32 Å². The summed E-state index contributed by atoms with van der Waals surface area (Å²) in [5.41, 5.74) is 3.95. The van der Waals surface area contributed by atoms with Gasteiger partial charge in [0.15, 0.2) is 0 Å². The molecule has 4 aromatic rings. The van der Waals surface area contributed by atoms with Crippen LogP contribution in [0.25, 0.3) is 21.8 Å². The molecule has 124 valence electrons. The molecule has 0 aliphatic heterocycles. The van der Waals surface area contributed by atoms with Gasteiger partial charge in [0.25, 0.3) is 5.91 Å². The molecule has 4 rings (SSSR count). The van der Waals surface area contributed by atoms with E-state index in [-0.39, 0.29) is 11.7 Å². The second-order valence-electron chi connectivity index (χ2n) is 6.06. The second-order valence-corrected chi connectivity index (χ2v) is 6.06. The predicted molar refractivity (Wildman–Crippen MR) is 95.9 cm³/mol. The van der Waals surface area contributed by atoms with Gasteiger partial charge in [0.1, 0.15) is 11.5 Å². The smallest absolute Gasteiger partial charge is 0.270 e. The van der Waals surface area contributed by atoms with E-state index in [0.717, 1.165) is 33.1 Å². The number of aromatic nitrogens is 2. The van der Waals surface area contributed by atoms with E-state index in [0.29, 0.717) is 12.2 Å². The van der Waals surface area contributed by atoms with Crippen molar-refractivity contribution in [2.45, 2.75) is 13.5 Å². The van der Waals surface area contributed by atoms with Crippen molar-refractivity contribution in [3.63, 3.8) is 0 Å². The lowest BCUT2D eigenvalue weighted by Gasteiger charge is -2.03. The zero-order chi connectivity index (χ0) is 17.4. The average Bonchev–Trinajstić information content (AvgIpc) is 3.06. The summed E-state index contributed by atoms with van der Waals surface area (Å²) in [5, 5.41) is 4.79. The minimum Gasteiger partial charge on any atom is -0.357 e. The number of nitrogens with one attached hydrogen (secondary N) is 2. The van der Waals surface area contributed by atoms with Gasteiger partial charge in [-0.25, -0.2) is 9.37 Å². The number of carbonyl (C=O) groups excluding carboxylic acids is 1. The van der Waals surface area contributed by atoms with Crippen LogP contribution in [0.4, 0.5) is 4.39 Å². The Hall–Kier alpha value is -3.21. The molecule has 5 heteroatoms. The highest BCUT2D eigenvalue weighted by Gasteiger charge is 2.13. The molecule has 0 bridgehead atoms. The van der Waals surface area contributed by atoms with E-state index in [2.05, 4.69) is 15.3 Å². The molecule has 0 fully saturated rings. The molecule has 0 atom stereocenters. The fraction of sp³-hybridized carbons (Fsp3) is 0.100. The van der Waals surface area contributed by atoms with Gasteiger partial charge in [0, 0.05) is 23.0 Å². The van der Waals surface area contributed by atoms with Gasteiger partial charge in [-0.2, -0.15) is 0 Å². The molecule has 0 saturated heterocycles. The molecule has 0 radical (unpaired) electrons. The van der Waals surface area contributed by atoms with Gasteiger partial charge in [-0.1, -0.05) is 30.3 Å². The fourth-order valence-electron chi connectivity index (χ4n) is 2.88. The molecule has 1 amide bonds. The topological polar surface area (TPSA) is 57.8 Å². The van der Waals surface area contributed by atoms with Crippen LogP contribution in [0.15, 0.2) is 54.6 Å². The molecule has 0 spiro atoms. The molecule has 2 N–H and O–H groups in total. The number of nitrogens with zero attached hydrogens (tertiary/aromatic N) is 1. The van der Waals surface area contributed by atoms with Gasteiger partial charge in [-0.15, -0.1) is 0 Å². The van der Waals surface area contributed by atoms with E-state index >= 15 is 0 Å². The van der Waals surface area contributed by atoms with Gasteiger partial charge < -0.3 is 10.3 Å². The summed E-state index contributed by atoms with van der Waals surface area (Å²) < 4.78 is 12.9. The average molecular weight is 333 g/mol. The van der Waals surface area contributed by atoms with Crippen LogP contribution in [-0.2, 0) is 6.54 Å². The second kappa shape index (κ2) is 6.02. The predicted octanol–water partition coefficient (Wildman–Crippen LogP) is 4.09. The molecule has 2 aromatic heterocycles. The lowest BCUT2D eigenvalue weighted by atomic mass is 10.1. The van der Waals surface area contributed by atoms with Crippen molar-refractivity contribution in [2.75, 3.05) is 0 Å². The third kappa shape index (κ3) is 2.96. The van der Waals surface area contributed by atoms with Crippen LogP contribution in [0.5, 0.6) is 0 Å². The van der Waals surface area contributed by atoms with Crippen LogP contribution in [-0.4, -0.2) is 15.9 Å². The molecular weight excluding hydrogens is 317 g/mol. The summed E-state index contributed by atoms with van der Waals surface area (Å²) in [6.45, 7) is 2.31. The molecule has 4 nitrogen and oxygen atoms in total. The number of carbonyl (C=O) groups is 1. The summed E-state index contributed by atoms with van der Waals surface area (Å²) in [4.78, 5) is 20.2. The number of aryl methyl sites for hydroxylation is 1. The van der Waals surface area contributed by atoms with E-state index in [1.165, 1.54) is 12.1 Å². The van der Waals surface area contributed by atoms with Crippen molar-refractivity contribution in [3.05, 3.63) is 77.4 Å². The number of H-pyrrole nitrogens is 1. The number of aromatic amines is 1. The summed E-state index contributed by atoms with van der Waals surface area (Å²) in [5.74, 6) is -0.543. The monoisotopic (exact) mass is 333 g/mol. The number of fused-ring (bicyclic) bond motifs is 3. The van der Waals surface area contributed by atoms with Crippen LogP contribution in [0.2, 0.25) is 0 Å². The number of pyridine rings is 1. The standard InChI is InChI=1S/C20H16FN3O/c1-12-2-5-14-6-7-15-10-17(24-19(15)18(14)23-12)20(25)22-11-13-3-8-16(21)9-4-13/h2-10,23H,11H2,1H3,(H,22,25). The molecule has 0 unspecified atom stereocenters. The Kier molecular flexibility index (Phi) is 3.69. The number of benzene rings is 2. The van der Waals surface area contributed by atoms with Crippen molar-refractivity contribution < 1.29 is 9.18 Å². The molecular formula is C20H16FN3O. The highest BCUT2D eigenvalue weighted by atomic mass is 19.1. The number of hydrogen-bond acceptors (Lipinski definition) is 2. The van der Waals surface area contributed by atoms with Gasteiger partial charge in [0.05, 0.1) is 11.0 Å². The Balaban J connectivity index is 1.62. The molecule has 25 heavy (non-hydrogen) atoms. The number of hydrogen-bond donors (Lipinski definition) is 2. The first-order chi connectivity index (χ1) is 12.1. The van der Waals surface area contributed by atoms with Crippen molar-refractivity contribution in [1.82, 2.24) is 15.3 Å². The summed E-state index contributed by atoms with van der Waals surface area (Å²) in [6.07, 6.45) is 0. The maximum Gasteiger partial charge on any atom is 0.270 e. The maximum absolute atomic E-state index is 12.9. The Bertz CT molecular complexity index is 1080. The SMILES string of the molecule is Cc1ccc2ccc3cc(C(=O)NCc4ccc(F)cc4)nc3c2[nH]1. The number of halogens is 1. The Morgan fingerprint density at radius 1 is 1.08 bits per heavy atom. The minimum absolute atomic E-state index is 0.249. The highest BCUT2D eigenvalue weighted by molar-refractivity contribution is 6.07. The largest absolute Gasteiger partial charge is 0.357 e. The van der Waals surface area contributed by atoms with Gasteiger partial charge in [-0.05, 0) is 36.8 Å². The number of amides is 1. The molecule has 2 aromatic carbocycles. The number of rotatable bonds is 3. The highest BCUT2D eigenvalue weighted by Crippen LogP contribution is 2.24. The maximum atomic E-state index is 12.9. The van der Waals surface area contributed by atoms with E-state index < -0.39 is 0 Å². The molecule has 0 saturated carbocycles. The quantitative estimate of drug-likeness (QED) is 0.593. The van der Waals surface area contributed by atoms with E-state index in [1.807, 2.05) is 31.2 Å². The lowest BCUT2D eigenvalue weighted by Crippen LogP contribution is -2.23. The van der Waals surface area contributed by atoms with Gasteiger partial charge in [-0.3, -0.25) is 4.79 Å². The third-order valence-corrected chi connectivity index (χ3v) is 4.20. The zero-order valence-electron chi connectivity index (χ0n) is 13.6. The van der Waals surface area contributed by atoms with E-state index in [9.17, 15) is 9.18 Å². The normalized spacial score (nSPS) is 11.1. The first kappa shape index (κ1) is 15.3. The van der Waals surface area contributed by atoms with Crippen molar-refractivity contribution >= 4 is 27.7 Å². The van der Waals surface area contributed by atoms with E-state index in [1.54, 1.807) is 18.2 Å².